The van der Waals surface area contributed by atoms with Gasteiger partial charge in [-0.05, 0) is 55.2 Å². The number of anilines is 1. The summed E-state index contributed by atoms with van der Waals surface area (Å²) in [5.74, 6) is -1.96. The van der Waals surface area contributed by atoms with Gasteiger partial charge < -0.3 is 20.4 Å². The standard InChI is InChI=1S/C31H39N4O5P/c1-4-17-35(18-5-2)31(38)26-13-9-12-25(21-26)30(37)34-29(20-24-10-7-6-8-11-24)41(39,40)19-16-28(36)33-27-15-14-23(3)22-32-27/h6-15,21-22,29H,4-5,16-20H2,1-3H3,(H,34,37)(H,39,40)(H,32,33,36). The summed E-state index contributed by atoms with van der Waals surface area (Å²) in [6.45, 7) is 7.11. The zero-order chi connectivity index (χ0) is 29.8. The highest BCUT2D eigenvalue weighted by Crippen LogP contribution is 2.47. The number of amides is 3. The third kappa shape index (κ3) is 9.66. The Morgan fingerprint density at radius 2 is 1.63 bits per heavy atom. The molecule has 0 aliphatic heterocycles. The van der Waals surface area contributed by atoms with Crippen LogP contribution in [0.4, 0.5) is 5.82 Å². The second-order valence-corrected chi connectivity index (χ2v) is 12.6. The Labute approximate surface area is 241 Å². The molecule has 0 saturated carbocycles. The largest absolute Gasteiger partial charge is 0.343 e. The van der Waals surface area contributed by atoms with Crippen molar-refractivity contribution < 1.29 is 23.8 Å². The zero-order valence-corrected chi connectivity index (χ0v) is 24.8. The van der Waals surface area contributed by atoms with Gasteiger partial charge in [-0.2, -0.15) is 0 Å². The molecule has 9 nitrogen and oxygen atoms in total. The van der Waals surface area contributed by atoms with Gasteiger partial charge in [-0.3, -0.25) is 18.9 Å². The van der Waals surface area contributed by atoms with Crippen molar-refractivity contribution in [2.24, 2.45) is 0 Å². The number of aryl methyl sites for hydroxylation is 1. The second-order valence-electron chi connectivity index (χ2n) is 10.1. The minimum Gasteiger partial charge on any atom is -0.343 e. The summed E-state index contributed by atoms with van der Waals surface area (Å²) in [5, 5.41) is 5.36. The lowest BCUT2D eigenvalue weighted by atomic mass is 10.1. The summed E-state index contributed by atoms with van der Waals surface area (Å²) >= 11 is 0. The van der Waals surface area contributed by atoms with E-state index in [0.717, 1.165) is 24.0 Å². The maximum absolute atomic E-state index is 13.6. The molecule has 3 aromatic rings. The van der Waals surface area contributed by atoms with Crippen molar-refractivity contribution in [2.75, 3.05) is 24.6 Å². The molecule has 3 N–H and O–H groups in total. The first-order valence-electron chi connectivity index (χ1n) is 13.9. The summed E-state index contributed by atoms with van der Waals surface area (Å²) < 4.78 is 13.6. The summed E-state index contributed by atoms with van der Waals surface area (Å²) in [6.07, 6.45) is 2.80. The lowest BCUT2D eigenvalue weighted by Crippen LogP contribution is -2.37. The monoisotopic (exact) mass is 578 g/mol. The molecular weight excluding hydrogens is 539 g/mol. The van der Waals surface area contributed by atoms with E-state index in [4.69, 9.17) is 0 Å². The predicted octanol–water partition coefficient (Wildman–Crippen LogP) is 5.25. The highest BCUT2D eigenvalue weighted by atomic mass is 31.2. The summed E-state index contributed by atoms with van der Waals surface area (Å²) in [6, 6.07) is 18.9. The molecular formula is C31H39N4O5P. The van der Waals surface area contributed by atoms with Crippen molar-refractivity contribution in [1.82, 2.24) is 15.2 Å². The molecule has 0 saturated heterocycles. The molecule has 0 bridgehead atoms. The smallest absolute Gasteiger partial charge is 0.253 e. The second kappa shape index (κ2) is 15.3. The van der Waals surface area contributed by atoms with Crippen LogP contribution in [0.5, 0.6) is 0 Å². The number of aromatic nitrogens is 1. The Kier molecular flexibility index (Phi) is 11.8. The number of carbonyl (C=O) groups excluding carboxylic acids is 3. The summed E-state index contributed by atoms with van der Waals surface area (Å²) in [7, 11) is -4.06. The molecule has 0 radical (unpaired) electrons. The van der Waals surface area contributed by atoms with E-state index >= 15 is 0 Å². The average molecular weight is 579 g/mol. The van der Waals surface area contributed by atoms with E-state index in [-0.39, 0.29) is 30.5 Å². The van der Waals surface area contributed by atoms with E-state index in [1.807, 2.05) is 51.1 Å². The van der Waals surface area contributed by atoms with Crippen LogP contribution < -0.4 is 10.6 Å². The van der Waals surface area contributed by atoms with Crippen molar-refractivity contribution in [3.8, 4) is 0 Å². The van der Waals surface area contributed by atoms with Gasteiger partial charge in [0.15, 0.2) is 0 Å². The maximum atomic E-state index is 13.6. The van der Waals surface area contributed by atoms with E-state index in [1.165, 1.54) is 6.07 Å². The molecule has 41 heavy (non-hydrogen) atoms. The van der Waals surface area contributed by atoms with Crippen LogP contribution in [-0.2, 0) is 15.8 Å². The number of hydrogen-bond donors (Lipinski definition) is 3. The van der Waals surface area contributed by atoms with Crippen LogP contribution in [0.15, 0.2) is 72.9 Å². The molecule has 3 amide bonds. The average Bonchev–Trinajstić information content (AvgIpc) is 2.97. The molecule has 2 unspecified atom stereocenters. The topological polar surface area (TPSA) is 129 Å². The van der Waals surface area contributed by atoms with Crippen molar-refractivity contribution in [2.45, 2.75) is 52.2 Å². The molecule has 2 aromatic carbocycles. The van der Waals surface area contributed by atoms with Crippen LogP contribution in [0.2, 0.25) is 0 Å². The van der Waals surface area contributed by atoms with Gasteiger partial charge in [0.25, 0.3) is 11.8 Å². The van der Waals surface area contributed by atoms with Crippen LogP contribution in [0, 0.1) is 6.92 Å². The van der Waals surface area contributed by atoms with Gasteiger partial charge in [-0.1, -0.05) is 56.3 Å². The molecule has 1 aromatic heterocycles. The van der Waals surface area contributed by atoms with Crippen molar-refractivity contribution in [3.63, 3.8) is 0 Å². The third-order valence-corrected chi connectivity index (χ3v) is 8.69. The summed E-state index contributed by atoms with van der Waals surface area (Å²) in [5.41, 5.74) is 2.30. The molecule has 0 fully saturated rings. The number of nitrogens with zero attached hydrogens (tertiary/aromatic N) is 2. The first-order chi connectivity index (χ1) is 19.6. The number of pyridine rings is 1. The van der Waals surface area contributed by atoms with Crippen LogP contribution in [0.25, 0.3) is 0 Å². The number of hydrogen-bond acceptors (Lipinski definition) is 5. The number of carbonyl (C=O) groups is 3. The molecule has 0 aliphatic carbocycles. The van der Waals surface area contributed by atoms with Crippen molar-refractivity contribution in [1.29, 1.82) is 0 Å². The Morgan fingerprint density at radius 1 is 0.951 bits per heavy atom. The lowest BCUT2D eigenvalue weighted by molar-refractivity contribution is -0.115. The van der Waals surface area contributed by atoms with Crippen LogP contribution in [0.1, 0.15) is 65.0 Å². The lowest BCUT2D eigenvalue weighted by Gasteiger charge is -2.25. The third-order valence-electron chi connectivity index (χ3n) is 6.54. The maximum Gasteiger partial charge on any atom is 0.253 e. The quantitative estimate of drug-likeness (QED) is 0.224. The first-order valence-corrected chi connectivity index (χ1v) is 15.8. The number of nitrogens with one attached hydrogen (secondary N) is 2. The van der Waals surface area contributed by atoms with Crippen LogP contribution in [0.3, 0.4) is 0 Å². The minimum absolute atomic E-state index is 0.0981. The SMILES string of the molecule is CCCN(CCC)C(=O)c1cccc(C(=O)NC(Cc2ccccc2)P(=O)(O)CCC(=O)Nc2ccc(C)cn2)c1. The number of rotatable bonds is 14. The molecule has 0 spiro atoms. The Morgan fingerprint density at radius 3 is 2.27 bits per heavy atom. The fourth-order valence-electron chi connectivity index (χ4n) is 4.36. The van der Waals surface area contributed by atoms with E-state index in [0.29, 0.717) is 24.5 Å². The van der Waals surface area contributed by atoms with Crippen molar-refractivity contribution in [3.05, 3.63) is 95.2 Å². The number of benzene rings is 2. The van der Waals surface area contributed by atoms with Crippen LogP contribution >= 0.6 is 7.37 Å². The van der Waals surface area contributed by atoms with Gasteiger partial charge in [0, 0.05) is 49.4 Å². The molecule has 3 rings (SSSR count). The summed E-state index contributed by atoms with van der Waals surface area (Å²) in [4.78, 5) is 55.9. The van der Waals surface area contributed by atoms with Crippen LogP contribution in [-0.4, -0.2) is 57.5 Å². The highest BCUT2D eigenvalue weighted by Gasteiger charge is 2.33. The minimum atomic E-state index is -4.06. The molecule has 10 heteroatoms. The van der Waals surface area contributed by atoms with E-state index in [1.54, 1.807) is 41.4 Å². The molecule has 0 aliphatic rings. The van der Waals surface area contributed by atoms with E-state index < -0.39 is 25.0 Å². The van der Waals surface area contributed by atoms with Crippen molar-refractivity contribution >= 4 is 30.9 Å². The molecule has 2 atom stereocenters. The Bertz CT molecular complexity index is 1360. The normalized spacial score (nSPS) is 13.1. The first kappa shape index (κ1) is 31.7. The zero-order valence-electron chi connectivity index (χ0n) is 23.9. The van der Waals surface area contributed by atoms with Gasteiger partial charge in [0.05, 0.1) is 0 Å². The van der Waals surface area contributed by atoms with Gasteiger partial charge in [-0.25, -0.2) is 4.98 Å². The Hall–Kier alpha value is -3.81. The Balaban J connectivity index is 1.76. The fourth-order valence-corrected chi connectivity index (χ4v) is 6.01. The molecule has 218 valence electrons. The van der Waals surface area contributed by atoms with Gasteiger partial charge in [0.2, 0.25) is 13.3 Å². The highest BCUT2D eigenvalue weighted by molar-refractivity contribution is 7.58. The fraction of sp³-hybridized carbons (Fsp3) is 0.355. The van der Waals surface area contributed by atoms with Gasteiger partial charge in [-0.15, -0.1) is 0 Å². The predicted molar refractivity (Wildman–Crippen MR) is 161 cm³/mol. The van der Waals surface area contributed by atoms with Gasteiger partial charge in [0.1, 0.15) is 11.6 Å². The van der Waals surface area contributed by atoms with Gasteiger partial charge >= 0.3 is 0 Å². The van der Waals surface area contributed by atoms with E-state index in [2.05, 4.69) is 15.6 Å². The molecule has 1 heterocycles. The van der Waals surface area contributed by atoms with E-state index in [9.17, 15) is 23.8 Å².